The number of rotatable bonds is 5. The Hall–Kier alpha value is -3.80. The van der Waals surface area contributed by atoms with Gasteiger partial charge in [0.1, 0.15) is 5.01 Å². The van der Waals surface area contributed by atoms with E-state index in [1.54, 1.807) is 12.1 Å². The van der Waals surface area contributed by atoms with Crippen LogP contribution in [0.25, 0.3) is 53.3 Å². The van der Waals surface area contributed by atoms with Gasteiger partial charge in [-0.15, -0.1) is 22.7 Å². The number of thiazole rings is 1. The highest BCUT2D eigenvalue weighted by molar-refractivity contribution is 7.88. The fourth-order valence-corrected chi connectivity index (χ4v) is 6.70. The molecule has 3 aromatic heterocycles. The average Bonchev–Trinajstić information content (AvgIpc) is 3.54. The van der Waals surface area contributed by atoms with Crippen molar-refractivity contribution in [2.45, 2.75) is 5.51 Å². The highest BCUT2D eigenvalue weighted by Gasteiger charge is 2.49. The van der Waals surface area contributed by atoms with E-state index in [0.717, 1.165) is 15.3 Å². The SMILES string of the molecule is O=S(=O)(Oc1ccc2cccnc2c1-c1c(-c2csc(-c3ccccc3)n2)sc2ccccc12)C(F)(F)F. The quantitative estimate of drug-likeness (QED) is 0.155. The van der Waals surface area contributed by atoms with E-state index in [1.165, 1.54) is 41.0 Å². The topological polar surface area (TPSA) is 69.2 Å². The van der Waals surface area contributed by atoms with E-state index in [0.29, 0.717) is 32.4 Å². The van der Waals surface area contributed by atoms with Crippen molar-refractivity contribution in [3.8, 4) is 38.0 Å². The van der Waals surface area contributed by atoms with Crippen molar-refractivity contribution in [3.63, 3.8) is 0 Å². The number of alkyl halides is 3. The molecule has 190 valence electrons. The first-order valence-corrected chi connectivity index (χ1v) is 14.2. The minimum atomic E-state index is -5.93. The second-order valence-electron chi connectivity index (χ2n) is 8.20. The largest absolute Gasteiger partial charge is 0.534 e. The molecule has 3 heterocycles. The summed E-state index contributed by atoms with van der Waals surface area (Å²) in [6, 6.07) is 23.2. The fraction of sp³-hybridized carbons (Fsp3) is 0.0370. The van der Waals surface area contributed by atoms with Gasteiger partial charge in [-0.25, -0.2) is 4.98 Å². The molecule has 6 aromatic rings. The third kappa shape index (κ3) is 4.22. The lowest BCUT2D eigenvalue weighted by molar-refractivity contribution is -0.0499. The Bertz CT molecular complexity index is 1910. The maximum atomic E-state index is 13.3. The molecule has 38 heavy (non-hydrogen) atoms. The first-order chi connectivity index (χ1) is 18.2. The standard InChI is InChI=1S/C27H15F3N2O3S3/c28-27(29,30)38(33,34)35-20-13-12-16-9-6-14-31-24(16)23(20)22-18-10-4-5-11-21(18)37-25(22)19-15-36-26(32-19)17-7-2-1-3-8-17/h1-15H. The van der Waals surface area contributed by atoms with Crippen LogP contribution >= 0.6 is 22.7 Å². The van der Waals surface area contributed by atoms with E-state index in [2.05, 4.69) is 4.98 Å². The normalized spacial score (nSPS) is 12.3. The van der Waals surface area contributed by atoms with Crippen molar-refractivity contribution >= 4 is 53.8 Å². The van der Waals surface area contributed by atoms with Gasteiger partial charge in [0.05, 0.1) is 21.7 Å². The van der Waals surface area contributed by atoms with Gasteiger partial charge in [0.2, 0.25) is 0 Å². The summed E-state index contributed by atoms with van der Waals surface area (Å²) in [6.45, 7) is 0. The zero-order valence-electron chi connectivity index (χ0n) is 19.1. The molecule has 0 aliphatic heterocycles. The van der Waals surface area contributed by atoms with Crippen molar-refractivity contribution in [1.29, 1.82) is 0 Å². The van der Waals surface area contributed by atoms with Crippen LogP contribution in [-0.2, 0) is 10.1 Å². The third-order valence-corrected chi connectivity index (χ3v) is 8.87. The van der Waals surface area contributed by atoms with Gasteiger partial charge in [0.25, 0.3) is 0 Å². The van der Waals surface area contributed by atoms with Crippen molar-refractivity contribution in [1.82, 2.24) is 9.97 Å². The Kier molecular flexibility index (Phi) is 5.93. The number of halogens is 3. The van der Waals surface area contributed by atoms with E-state index < -0.39 is 21.4 Å². The van der Waals surface area contributed by atoms with Gasteiger partial charge in [-0.1, -0.05) is 54.6 Å². The molecule has 11 heteroatoms. The number of thiophene rings is 1. The van der Waals surface area contributed by atoms with Gasteiger partial charge in [0, 0.05) is 38.2 Å². The molecule has 6 rings (SSSR count). The maximum Gasteiger partial charge on any atom is 0.534 e. The number of aromatic nitrogens is 2. The monoisotopic (exact) mass is 568 g/mol. The molecular formula is C27H15F3N2O3S3. The number of hydrogen-bond donors (Lipinski definition) is 0. The molecular weight excluding hydrogens is 554 g/mol. The summed E-state index contributed by atoms with van der Waals surface area (Å²) < 4.78 is 69.8. The molecule has 0 fully saturated rings. The molecule has 3 aromatic carbocycles. The van der Waals surface area contributed by atoms with Crippen LogP contribution in [0.2, 0.25) is 0 Å². The molecule has 5 nitrogen and oxygen atoms in total. The lowest BCUT2D eigenvalue weighted by Gasteiger charge is -2.15. The fourth-order valence-electron chi connectivity index (χ4n) is 4.17. The van der Waals surface area contributed by atoms with Crippen LogP contribution in [0.1, 0.15) is 0 Å². The highest BCUT2D eigenvalue weighted by Crippen LogP contribution is 2.50. The van der Waals surface area contributed by atoms with E-state index in [-0.39, 0.29) is 5.56 Å². The second kappa shape index (κ2) is 9.19. The second-order valence-corrected chi connectivity index (χ2v) is 11.7. The molecule has 0 spiro atoms. The average molecular weight is 569 g/mol. The minimum Gasteiger partial charge on any atom is -0.375 e. The maximum absolute atomic E-state index is 13.3. The van der Waals surface area contributed by atoms with Gasteiger partial charge in [-0.2, -0.15) is 21.6 Å². The lowest BCUT2D eigenvalue weighted by Crippen LogP contribution is -2.28. The Morgan fingerprint density at radius 1 is 0.842 bits per heavy atom. The molecule has 0 unspecified atom stereocenters. The molecule has 0 aliphatic rings. The first kappa shape index (κ1) is 24.5. The number of fused-ring (bicyclic) bond motifs is 2. The lowest BCUT2D eigenvalue weighted by atomic mass is 9.97. The number of nitrogens with zero attached hydrogens (tertiary/aromatic N) is 2. The molecule has 0 atom stereocenters. The van der Waals surface area contributed by atoms with Crippen LogP contribution in [0.5, 0.6) is 5.75 Å². The van der Waals surface area contributed by atoms with Crippen LogP contribution in [0.3, 0.4) is 0 Å². The van der Waals surface area contributed by atoms with Crippen molar-refractivity contribution in [2.24, 2.45) is 0 Å². The smallest absolute Gasteiger partial charge is 0.375 e. The van der Waals surface area contributed by atoms with Crippen molar-refractivity contribution in [3.05, 3.63) is 90.4 Å². The van der Waals surface area contributed by atoms with E-state index in [9.17, 15) is 21.6 Å². The number of hydrogen-bond acceptors (Lipinski definition) is 7. The number of benzene rings is 3. The summed E-state index contributed by atoms with van der Waals surface area (Å²) >= 11 is 2.85. The Labute approximate surface area is 222 Å². The number of pyridine rings is 1. The van der Waals surface area contributed by atoms with Crippen molar-refractivity contribution < 1.29 is 25.8 Å². The van der Waals surface area contributed by atoms with Gasteiger partial charge < -0.3 is 4.18 Å². The van der Waals surface area contributed by atoms with Crippen LogP contribution < -0.4 is 4.18 Å². The van der Waals surface area contributed by atoms with Gasteiger partial charge in [-0.05, 0) is 24.3 Å². The molecule has 0 aliphatic carbocycles. The summed E-state index contributed by atoms with van der Waals surface area (Å²) in [5.74, 6) is -0.461. The molecule has 0 radical (unpaired) electrons. The Balaban J connectivity index is 1.65. The van der Waals surface area contributed by atoms with Crippen LogP contribution in [0.15, 0.2) is 90.4 Å². The summed E-state index contributed by atoms with van der Waals surface area (Å²) in [5.41, 5.74) is -3.08. The summed E-state index contributed by atoms with van der Waals surface area (Å²) in [5, 5.41) is 3.98. The predicted molar refractivity (Wildman–Crippen MR) is 145 cm³/mol. The summed E-state index contributed by atoms with van der Waals surface area (Å²) in [4.78, 5) is 9.90. The predicted octanol–water partition coefficient (Wildman–Crippen LogP) is 8.14. The van der Waals surface area contributed by atoms with Gasteiger partial charge in [-0.3, -0.25) is 4.98 Å². The first-order valence-electron chi connectivity index (χ1n) is 11.1. The zero-order chi connectivity index (χ0) is 26.5. The molecule has 0 saturated heterocycles. The molecule has 0 N–H and O–H groups in total. The summed E-state index contributed by atoms with van der Waals surface area (Å²) in [7, 11) is -5.93. The van der Waals surface area contributed by atoms with Crippen LogP contribution in [0.4, 0.5) is 13.2 Å². The highest BCUT2D eigenvalue weighted by atomic mass is 32.2. The van der Waals surface area contributed by atoms with Crippen LogP contribution in [0, 0.1) is 0 Å². The van der Waals surface area contributed by atoms with E-state index in [4.69, 9.17) is 9.17 Å². The van der Waals surface area contributed by atoms with E-state index in [1.807, 2.05) is 60.0 Å². The Morgan fingerprint density at radius 3 is 2.39 bits per heavy atom. The zero-order valence-corrected chi connectivity index (χ0v) is 21.6. The minimum absolute atomic E-state index is 0.151. The van der Waals surface area contributed by atoms with Gasteiger partial charge >= 0.3 is 15.6 Å². The molecule has 0 amide bonds. The molecule has 0 bridgehead atoms. The third-order valence-electron chi connectivity index (χ3n) is 5.82. The van der Waals surface area contributed by atoms with Gasteiger partial charge in [0.15, 0.2) is 5.75 Å². The van der Waals surface area contributed by atoms with E-state index >= 15 is 0 Å². The Morgan fingerprint density at radius 2 is 1.61 bits per heavy atom. The van der Waals surface area contributed by atoms with Crippen molar-refractivity contribution in [2.75, 3.05) is 0 Å². The summed E-state index contributed by atoms with van der Waals surface area (Å²) in [6.07, 6.45) is 1.50. The van der Waals surface area contributed by atoms with Crippen LogP contribution in [-0.4, -0.2) is 23.9 Å². The molecule has 0 saturated carbocycles.